The molecule has 0 aromatic carbocycles. The number of oxime groups is 2. The van der Waals surface area contributed by atoms with Crippen LogP contribution in [0.2, 0.25) is 0 Å². The van der Waals surface area contributed by atoms with Crippen LogP contribution in [0.1, 0.15) is 143 Å². The van der Waals surface area contributed by atoms with Gasteiger partial charge in [0.2, 0.25) is 0 Å². The molecule has 18 atom stereocenters. The second-order valence-corrected chi connectivity index (χ2v) is 23.1. The molecule has 0 spiro atoms. The number of fused-ring (bicyclic) bond motifs is 10. The summed E-state index contributed by atoms with van der Waals surface area (Å²) in [7, 11) is 0. The van der Waals surface area contributed by atoms with Crippen LogP contribution in [0.5, 0.6) is 0 Å². The van der Waals surface area contributed by atoms with E-state index >= 15 is 8.78 Å². The van der Waals surface area contributed by atoms with Gasteiger partial charge in [0.25, 0.3) is 0 Å². The van der Waals surface area contributed by atoms with Crippen molar-refractivity contribution in [3.63, 3.8) is 0 Å². The Morgan fingerprint density at radius 2 is 0.984 bits per heavy atom. The van der Waals surface area contributed by atoms with E-state index < -0.39 is 24.3 Å². The summed E-state index contributed by atoms with van der Waals surface area (Å²) < 4.78 is 44.1. The zero-order valence-corrected chi connectivity index (χ0v) is 37.9. The zero-order valence-electron chi connectivity index (χ0n) is 37.9. The minimum Gasteiger partial charge on any atom is -0.459 e. The molecule has 0 bridgehead atoms. The van der Waals surface area contributed by atoms with Gasteiger partial charge in [-0.05, 0) is 174 Å². The molecule has 10 aliphatic rings. The predicted octanol–water partition coefficient (Wildman–Crippen LogP) is 8.82. The van der Waals surface area contributed by atoms with E-state index in [1.54, 1.807) is 0 Å². The fourth-order valence-electron chi connectivity index (χ4n) is 16.8. The van der Waals surface area contributed by atoms with Crippen molar-refractivity contribution in [3.05, 3.63) is 12.2 Å². The fourth-order valence-corrected chi connectivity index (χ4v) is 16.8. The second-order valence-electron chi connectivity index (χ2n) is 23.1. The Morgan fingerprint density at radius 3 is 1.39 bits per heavy atom. The van der Waals surface area contributed by atoms with Gasteiger partial charge in [-0.3, -0.25) is 0 Å². The van der Waals surface area contributed by atoms with Gasteiger partial charge in [0.05, 0.1) is 11.4 Å². The molecular weight excluding hydrogens is 791 g/mol. The Morgan fingerprint density at radius 1 is 0.565 bits per heavy atom. The zero-order chi connectivity index (χ0) is 43.0. The third kappa shape index (κ3) is 7.46. The van der Waals surface area contributed by atoms with Gasteiger partial charge in [0, 0.05) is 48.9 Å². The molecule has 2 N–H and O–H groups in total. The van der Waals surface area contributed by atoms with Crippen molar-refractivity contribution in [2.24, 2.45) is 79.3 Å². The number of hydrogen-bond donors (Lipinski definition) is 2. The van der Waals surface area contributed by atoms with Gasteiger partial charge in [-0.1, -0.05) is 38.0 Å². The highest BCUT2D eigenvalue weighted by molar-refractivity contribution is 5.92. The largest absolute Gasteiger partial charge is 0.459 e. The fraction of sp³-hybridized carbons (Fsp3) is 0.880. The van der Waals surface area contributed by atoms with Crippen LogP contribution < -0.4 is 10.6 Å². The molecule has 0 aromatic heterocycles. The molecule has 0 aromatic rings. The maximum absolute atomic E-state index is 15.8. The molecule has 2 aliphatic heterocycles. The normalized spacial score (nSPS) is 50.9. The van der Waals surface area contributed by atoms with Gasteiger partial charge < -0.3 is 29.8 Å². The second kappa shape index (κ2) is 16.7. The maximum Gasteiger partial charge on any atom is 0.331 e. The van der Waals surface area contributed by atoms with Crippen molar-refractivity contribution in [2.75, 3.05) is 26.2 Å². The third-order valence-electron chi connectivity index (χ3n) is 20.4. The molecule has 0 radical (unpaired) electrons. The molecule has 10 fully saturated rings. The average Bonchev–Trinajstić information content (AvgIpc) is 4.07. The lowest BCUT2D eigenvalue weighted by Crippen LogP contribution is -2.56. The lowest BCUT2D eigenvalue weighted by molar-refractivity contribution is -0.160. The highest BCUT2D eigenvalue weighted by Gasteiger charge is 2.64. The summed E-state index contributed by atoms with van der Waals surface area (Å²) in [5.41, 5.74) is 0.809. The number of rotatable bonds is 8. The van der Waals surface area contributed by atoms with Gasteiger partial charge in [-0.2, -0.15) is 0 Å². The lowest BCUT2D eigenvalue weighted by atomic mass is 9.45. The van der Waals surface area contributed by atoms with Crippen molar-refractivity contribution in [1.82, 2.24) is 10.6 Å². The Balaban J connectivity index is 0.718. The third-order valence-corrected chi connectivity index (χ3v) is 20.4. The monoisotopic (exact) mass is 865 g/mol. The first kappa shape index (κ1) is 43.3. The molecule has 2 saturated heterocycles. The molecule has 10 nitrogen and oxygen atoms in total. The Hall–Kier alpha value is -2.60. The lowest BCUT2D eigenvalue weighted by Gasteiger charge is -2.60. The van der Waals surface area contributed by atoms with Gasteiger partial charge in [0.15, 0.2) is 0 Å². The van der Waals surface area contributed by atoms with Crippen molar-refractivity contribution >= 4 is 23.4 Å². The van der Waals surface area contributed by atoms with E-state index in [4.69, 9.17) is 19.1 Å². The SMILES string of the molecule is C[C@]12CC(F)/C(=N\O[C@@H]3CCNC3)CC1CC[C@@H]1[C@H]2CC[C@]2(C)C(OC(=O)/C=C/C(=O)OC3CC[C@H]4[C@@H]5CCC6C/C(=N/O[C@@H]7CCNC7)C(F)C[C@]6(C)[C@@H]5CC[C@]34C)CC[C@@H]12. The van der Waals surface area contributed by atoms with E-state index in [0.717, 1.165) is 116 Å². The summed E-state index contributed by atoms with van der Waals surface area (Å²) in [6.45, 7) is 12.7. The Labute approximate surface area is 368 Å². The van der Waals surface area contributed by atoms with Gasteiger partial charge in [0.1, 0.15) is 36.8 Å². The molecule has 2 heterocycles. The summed E-state index contributed by atoms with van der Waals surface area (Å²) in [5, 5.41) is 15.4. The first-order chi connectivity index (χ1) is 29.8. The maximum atomic E-state index is 15.8. The molecule has 0 amide bonds. The topological polar surface area (TPSA) is 120 Å². The summed E-state index contributed by atoms with van der Waals surface area (Å²) in [4.78, 5) is 38.3. The highest BCUT2D eigenvalue weighted by atomic mass is 19.1. The van der Waals surface area contributed by atoms with Crippen LogP contribution in [-0.4, -0.2) is 86.3 Å². The van der Waals surface area contributed by atoms with Crippen molar-refractivity contribution < 1.29 is 37.5 Å². The van der Waals surface area contributed by atoms with Crippen LogP contribution in [0.4, 0.5) is 8.78 Å². The highest BCUT2D eigenvalue weighted by Crippen LogP contribution is 2.68. The number of nitrogens with zero attached hydrogens (tertiary/aromatic N) is 2. The number of ether oxygens (including phenoxy) is 2. The van der Waals surface area contributed by atoms with Crippen LogP contribution >= 0.6 is 0 Å². The minimum absolute atomic E-state index is 0.0413. The van der Waals surface area contributed by atoms with Crippen molar-refractivity contribution in [2.45, 2.75) is 180 Å². The van der Waals surface area contributed by atoms with E-state index in [-0.39, 0.29) is 46.1 Å². The minimum atomic E-state index is -1.06. The number of carbonyl (C=O) groups excluding carboxylic acids is 2. The van der Waals surface area contributed by atoms with E-state index in [0.29, 0.717) is 84.4 Å². The molecule has 6 unspecified atom stereocenters. The van der Waals surface area contributed by atoms with E-state index in [1.165, 1.54) is 12.2 Å². The predicted molar refractivity (Wildman–Crippen MR) is 233 cm³/mol. The Kier molecular flexibility index (Phi) is 11.7. The number of nitrogens with one attached hydrogen (secondary N) is 2. The van der Waals surface area contributed by atoms with Crippen LogP contribution in [0.15, 0.2) is 22.5 Å². The number of carbonyl (C=O) groups is 2. The van der Waals surface area contributed by atoms with Crippen molar-refractivity contribution in [1.29, 1.82) is 0 Å². The van der Waals surface area contributed by atoms with Crippen LogP contribution in [0, 0.1) is 69.0 Å². The standard InChI is InChI=1S/C50H74F2N4O6/c1-47-19-15-37-33(7-5-29-23-41(39(51)25-49(29,37)3)55-61-31-17-21-53-27-31)35(47)9-11-43(47)59-45(57)13-14-46(58)60-44-12-10-36-34-8-6-30-24-42(56-62-32-18-22-54-28-32)40(52)26-50(30,4)38(34)16-20-48(36,44)2/h13-14,29-40,43-44,53-54H,5-12,15-28H2,1-4H3/b14-13+,55-41-,56-42-/t29?,30?,31-,32-,33+,34+,35+,36+,37-,38-,39?,40?,43?,44?,47+,48+,49+,50+/m1/s1. The Bertz CT molecular complexity index is 1670. The average molecular weight is 865 g/mol. The summed E-state index contributed by atoms with van der Waals surface area (Å²) in [5.74, 6) is 2.64. The smallest absolute Gasteiger partial charge is 0.331 e. The quantitative estimate of drug-likeness (QED) is 0.141. The van der Waals surface area contributed by atoms with E-state index in [2.05, 4.69) is 48.6 Å². The molecule has 344 valence electrons. The molecule has 8 aliphatic carbocycles. The molecule has 10 rings (SSSR count). The summed E-state index contributed by atoms with van der Waals surface area (Å²) >= 11 is 0. The van der Waals surface area contributed by atoms with E-state index in [9.17, 15) is 9.59 Å². The number of alkyl halides is 2. The summed E-state index contributed by atoms with van der Waals surface area (Å²) in [6, 6.07) is 0. The van der Waals surface area contributed by atoms with Crippen LogP contribution in [-0.2, 0) is 28.7 Å². The van der Waals surface area contributed by atoms with Crippen LogP contribution in [0.25, 0.3) is 0 Å². The van der Waals surface area contributed by atoms with E-state index in [1.807, 2.05) is 0 Å². The van der Waals surface area contributed by atoms with Gasteiger partial charge >= 0.3 is 11.9 Å². The molecule has 62 heavy (non-hydrogen) atoms. The number of halogens is 2. The molecular formula is C50H74F2N4O6. The summed E-state index contributed by atoms with van der Waals surface area (Å²) in [6.07, 6.45) is 16.4. The number of hydrogen-bond acceptors (Lipinski definition) is 10. The van der Waals surface area contributed by atoms with Crippen LogP contribution in [0.3, 0.4) is 0 Å². The number of esters is 2. The first-order valence-corrected chi connectivity index (χ1v) is 25.0. The first-order valence-electron chi connectivity index (χ1n) is 25.0. The van der Waals surface area contributed by atoms with Crippen molar-refractivity contribution in [3.8, 4) is 0 Å². The van der Waals surface area contributed by atoms with Gasteiger partial charge in [-0.25, -0.2) is 18.4 Å². The van der Waals surface area contributed by atoms with Gasteiger partial charge in [-0.15, -0.1) is 0 Å². The molecule has 8 saturated carbocycles. The molecule has 12 heteroatoms.